The van der Waals surface area contributed by atoms with Crippen LogP contribution in [0, 0.1) is 16.7 Å². The number of nitrogens with one attached hydrogen (secondary N) is 1. The van der Waals surface area contributed by atoms with Crippen molar-refractivity contribution < 1.29 is 4.79 Å². The highest BCUT2D eigenvalue weighted by molar-refractivity contribution is 5.75. The summed E-state index contributed by atoms with van der Waals surface area (Å²) in [6.07, 6.45) is 2.18. The maximum Gasteiger partial charge on any atom is 0.220 e. The lowest BCUT2D eigenvalue weighted by atomic mass is 9.96. The molecule has 0 aliphatic rings. The standard InChI is InChI=1S/C10H19N3O/c1-10(2,7-12)8-13-9(14)5-3-4-6-11/h3-6,8,11H2,1-2H3,(H,13,14). The Bertz CT molecular complexity index is 218. The summed E-state index contributed by atoms with van der Waals surface area (Å²) < 4.78 is 0. The average molecular weight is 197 g/mol. The average Bonchev–Trinajstić information content (AvgIpc) is 2.16. The molecule has 1 amide bonds. The number of carbonyl (C=O) groups is 1. The summed E-state index contributed by atoms with van der Waals surface area (Å²) in [5, 5.41) is 11.4. The SMILES string of the molecule is CC(C)(C#N)CNC(=O)CCCCN. The minimum atomic E-state index is -0.483. The molecule has 80 valence electrons. The number of hydrogen-bond donors (Lipinski definition) is 2. The number of carbonyl (C=O) groups excluding carboxylic acids is 1. The van der Waals surface area contributed by atoms with Crippen LogP contribution in [0.3, 0.4) is 0 Å². The molecule has 0 aliphatic heterocycles. The largest absolute Gasteiger partial charge is 0.355 e. The van der Waals surface area contributed by atoms with Crippen LogP contribution < -0.4 is 11.1 Å². The second-order valence-corrected chi connectivity index (χ2v) is 4.02. The minimum absolute atomic E-state index is 0.00164. The molecule has 0 rings (SSSR count). The predicted octanol–water partition coefficient (Wildman–Crippen LogP) is 0.781. The number of hydrogen-bond acceptors (Lipinski definition) is 3. The van der Waals surface area contributed by atoms with Crippen LogP contribution in [0.15, 0.2) is 0 Å². The van der Waals surface area contributed by atoms with E-state index in [0.717, 1.165) is 12.8 Å². The lowest BCUT2D eigenvalue weighted by Gasteiger charge is -2.15. The van der Waals surface area contributed by atoms with E-state index in [0.29, 0.717) is 19.5 Å². The summed E-state index contributed by atoms with van der Waals surface area (Å²) in [4.78, 5) is 11.2. The van der Waals surface area contributed by atoms with Crippen LogP contribution in [0.4, 0.5) is 0 Å². The topological polar surface area (TPSA) is 78.9 Å². The minimum Gasteiger partial charge on any atom is -0.355 e. The molecular weight excluding hydrogens is 178 g/mol. The lowest BCUT2D eigenvalue weighted by molar-refractivity contribution is -0.121. The Morgan fingerprint density at radius 3 is 2.64 bits per heavy atom. The number of nitriles is 1. The van der Waals surface area contributed by atoms with E-state index in [1.54, 1.807) is 13.8 Å². The van der Waals surface area contributed by atoms with Gasteiger partial charge in [0.05, 0.1) is 11.5 Å². The van der Waals surface area contributed by atoms with E-state index in [1.807, 2.05) is 0 Å². The van der Waals surface area contributed by atoms with Gasteiger partial charge in [0.2, 0.25) is 5.91 Å². The van der Waals surface area contributed by atoms with Gasteiger partial charge in [0, 0.05) is 13.0 Å². The van der Waals surface area contributed by atoms with Gasteiger partial charge in [-0.2, -0.15) is 5.26 Å². The summed E-state index contributed by atoms with van der Waals surface area (Å²) >= 11 is 0. The molecule has 4 nitrogen and oxygen atoms in total. The van der Waals surface area contributed by atoms with Crippen LogP contribution in [0.5, 0.6) is 0 Å². The number of rotatable bonds is 6. The second kappa shape index (κ2) is 6.39. The van der Waals surface area contributed by atoms with Crippen molar-refractivity contribution in [1.82, 2.24) is 5.32 Å². The van der Waals surface area contributed by atoms with Crippen molar-refractivity contribution in [3.8, 4) is 6.07 Å². The van der Waals surface area contributed by atoms with Gasteiger partial charge in [-0.25, -0.2) is 0 Å². The van der Waals surface area contributed by atoms with Gasteiger partial charge in [0.25, 0.3) is 0 Å². The third kappa shape index (κ3) is 6.44. The maximum atomic E-state index is 11.2. The fourth-order valence-electron chi connectivity index (χ4n) is 0.877. The van der Waals surface area contributed by atoms with E-state index in [9.17, 15) is 4.79 Å². The van der Waals surface area contributed by atoms with E-state index in [1.165, 1.54) is 0 Å². The van der Waals surface area contributed by atoms with Crippen LogP contribution in [-0.2, 0) is 4.79 Å². The van der Waals surface area contributed by atoms with E-state index >= 15 is 0 Å². The number of nitrogens with two attached hydrogens (primary N) is 1. The first-order valence-electron chi connectivity index (χ1n) is 4.90. The molecular formula is C10H19N3O. The number of amides is 1. The molecule has 0 radical (unpaired) electrons. The van der Waals surface area contributed by atoms with Crippen molar-refractivity contribution in [3.63, 3.8) is 0 Å². The Hall–Kier alpha value is -1.08. The van der Waals surface area contributed by atoms with E-state index in [-0.39, 0.29) is 5.91 Å². The Labute approximate surface area is 85.5 Å². The van der Waals surface area contributed by atoms with Crippen molar-refractivity contribution in [3.05, 3.63) is 0 Å². The molecule has 0 unspecified atom stereocenters. The molecule has 0 heterocycles. The second-order valence-electron chi connectivity index (χ2n) is 4.02. The molecule has 0 aromatic carbocycles. The number of unbranched alkanes of at least 4 members (excludes halogenated alkanes) is 1. The van der Waals surface area contributed by atoms with Gasteiger partial charge in [-0.3, -0.25) is 4.79 Å². The van der Waals surface area contributed by atoms with Crippen LogP contribution in [0.1, 0.15) is 33.1 Å². The van der Waals surface area contributed by atoms with Gasteiger partial charge in [-0.1, -0.05) is 0 Å². The van der Waals surface area contributed by atoms with Gasteiger partial charge in [-0.15, -0.1) is 0 Å². The normalized spacial score (nSPS) is 10.7. The monoisotopic (exact) mass is 197 g/mol. The summed E-state index contributed by atoms with van der Waals surface area (Å²) in [6, 6.07) is 2.13. The van der Waals surface area contributed by atoms with Crippen molar-refractivity contribution in [2.24, 2.45) is 11.1 Å². The molecule has 14 heavy (non-hydrogen) atoms. The van der Waals surface area contributed by atoms with E-state index < -0.39 is 5.41 Å². The van der Waals surface area contributed by atoms with Gasteiger partial charge in [-0.05, 0) is 33.2 Å². The number of nitrogens with zero attached hydrogens (tertiary/aromatic N) is 1. The van der Waals surface area contributed by atoms with Gasteiger partial charge < -0.3 is 11.1 Å². The highest BCUT2D eigenvalue weighted by Gasteiger charge is 2.17. The molecule has 3 N–H and O–H groups in total. The van der Waals surface area contributed by atoms with Crippen LogP contribution in [-0.4, -0.2) is 19.0 Å². The molecule has 0 saturated carbocycles. The smallest absolute Gasteiger partial charge is 0.220 e. The van der Waals surface area contributed by atoms with Gasteiger partial charge in [0.15, 0.2) is 0 Å². The lowest BCUT2D eigenvalue weighted by Crippen LogP contribution is -2.32. The summed E-state index contributed by atoms with van der Waals surface area (Å²) in [5.41, 5.74) is 4.82. The Balaban J connectivity index is 3.60. The van der Waals surface area contributed by atoms with E-state index in [4.69, 9.17) is 11.0 Å². The molecule has 0 atom stereocenters. The first-order valence-corrected chi connectivity index (χ1v) is 4.90. The highest BCUT2D eigenvalue weighted by Crippen LogP contribution is 2.10. The molecule has 0 fully saturated rings. The quantitative estimate of drug-likeness (QED) is 0.618. The molecule has 0 aliphatic carbocycles. The summed E-state index contributed by atoms with van der Waals surface area (Å²) in [6.45, 7) is 4.63. The van der Waals surface area contributed by atoms with Crippen molar-refractivity contribution in [1.29, 1.82) is 5.26 Å². The van der Waals surface area contributed by atoms with Crippen molar-refractivity contribution >= 4 is 5.91 Å². The third-order valence-electron chi connectivity index (χ3n) is 1.89. The van der Waals surface area contributed by atoms with Crippen LogP contribution in [0.2, 0.25) is 0 Å². The summed E-state index contributed by atoms with van der Waals surface area (Å²) in [5.74, 6) is 0.00164. The molecule has 4 heteroatoms. The zero-order valence-corrected chi connectivity index (χ0v) is 8.97. The Morgan fingerprint density at radius 2 is 2.14 bits per heavy atom. The Kier molecular flexibility index (Phi) is 5.89. The molecule has 0 bridgehead atoms. The zero-order valence-electron chi connectivity index (χ0n) is 8.97. The van der Waals surface area contributed by atoms with Gasteiger partial charge >= 0.3 is 0 Å². The first-order chi connectivity index (χ1) is 6.52. The van der Waals surface area contributed by atoms with Crippen molar-refractivity contribution in [2.75, 3.05) is 13.1 Å². The third-order valence-corrected chi connectivity index (χ3v) is 1.89. The summed E-state index contributed by atoms with van der Waals surface area (Å²) in [7, 11) is 0. The molecule has 0 spiro atoms. The molecule has 0 saturated heterocycles. The zero-order chi connectivity index (χ0) is 11.0. The van der Waals surface area contributed by atoms with Gasteiger partial charge in [0.1, 0.15) is 0 Å². The first kappa shape index (κ1) is 12.9. The molecule has 0 aromatic rings. The van der Waals surface area contributed by atoms with Crippen LogP contribution in [0.25, 0.3) is 0 Å². The highest BCUT2D eigenvalue weighted by atomic mass is 16.1. The fourth-order valence-corrected chi connectivity index (χ4v) is 0.877. The predicted molar refractivity (Wildman–Crippen MR) is 55.3 cm³/mol. The van der Waals surface area contributed by atoms with E-state index in [2.05, 4.69) is 11.4 Å². The fraction of sp³-hybridized carbons (Fsp3) is 0.800. The maximum absolute atomic E-state index is 11.2. The molecule has 0 aromatic heterocycles. The van der Waals surface area contributed by atoms with Crippen molar-refractivity contribution in [2.45, 2.75) is 33.1 Å². The Morgan fingerprint density at radius 1 is 1.50 bits per heavy atom. The van der Waals surface area contributed by atoms with Crippen LogP contribution >= 0.6 is 0 Å².